The molecule has 0 radical (unpaired) electrons. The molecule has 0 aromatic heterocycles. The molecule has 3 N–H and O–H groups in total. The Kier molecular flexibility index (Phi) is 8.02. The van der Waals surface area contributed by atoms with Crippen molar-refractivity contribution in [2.45, 2.75) is 0 Å². The third-order valence-electron chi connectivity index (χ3n) is 2.84. The molecule has 6 heteroatoms. The first-order valence-electron chi connectivity index (χ1n) is 7.16. The van der Waals surface area contributed by atoms with Crippen LogP contribution in [0.15, 0.2) is 60.7 Å². The van der Waals surface area contributed by atoms with Crippen molar-refractivity contribution in [1.82, 2.24) is 0 Å². The molecular weight excluding hydrogens is 324 g/mol. The van der Waals surface area contributed by atoms with Gasteiger partial charge < -0.3 is 20.1 Å². The summed E-state index contributed by atoms with van der Waals surface area (Å²) in [5.74, 6) is -1.59. The zero-order valence-electron chi connectivity index (χ0n) is 13.5. The minimum atomic E-state index is -1.02. The number of carboxylic acids is 2. The molecular formula is C19H18O6. The van der Waals surface area contributed by atoms with Crippen LogP contribution in [0.5, 0.6) is 11.5 Å². The fourth-order valence-electron chi connectivity index (χ4n) is 1.70. The molecule has 0 unspecified atom stereocenters. The predicted octanol–water partition coefficient (Wildman–Crippen LogP) is 3.28. The average molecular weight is 342 g/mol. The van der Waals surface area contributed by atoms with Gasteiger partial charge in [-0.25, -0.2) is 9.59 Å². The van der Waals surface area contributed by atoms with Gasteiger partial charge >= 0.3 is 11.9 Å². The number of benzene rings is 2. The van der Waals surface area contributed by atoms with Gasteiger partial charge in [0.2, 0.25) is 0 Å². The maximum Gasteiger partial charge on any atom is 0.328 e. The van der Waals surface area contributed by atoms with Gasteiger partial charge in [-0.3, -0.25) is 0 Å². The van der Waals surface area contributed by atoms with E-state index in [9.17, 15) is 14.7 Å². The van der Waals surface area contributed by atoms with Crippen LogP contribution in [0.3, 0.4) is 0 Å². The molecule has 2 rings (SSSR count). The summed E-state index contributed by atoms with van der Waals surface area (Å²) >= 11 is 0. The molecule has 2 aromatic carbocycles. The van der Waals surface area contributed by atoms with Crippen molar-refractivity contribution < 1.29 is 29.6 Å². The molecule has 2 aromatic rings. The summed E-state index contributed by atoms with van der Waals surface area (Å²) in [6.07, 6.45) is 5.12. The zero-order valence-corrected chi connectivity index (χ0v) is 13.5. The molecule has 0 saturated heterocycles. The lowest BCUT2D eigenvalue weighted by molar-refractivity contribution is -0.132. The van der Waals surface area contributed by atoms with Gasteiger partial charge in [-0.1, -0.05) is 36.4 Å². The average Bonchev–Trinajstić information content (AvgIpc) is 2.60. The Bertz CT molecular complexity index is 763. The van der Waals surface area contributed by atoms with Gasteiger partial charge in [0.15, 0.2) is 11.5 Å². The minimum absolute atomic E-state index is 0.0278. The molecule has 0 amide bonds. The molecule has 0 fully saturated rings. The fourth-order valence-corrected chi connectivity index (χ4v) is 1.70. The van der Waals surface area contributed by atoms with E-state index in [-0.39, 0.29) is 5.75 Å². The summed E-state index contributed by atoms with van der Waals surface area (Å²) in [7, 11) is 1.43. The van der Waals surface area contributed by atoms with Crippen molar-refractivity contribution >= 4 is 24.1 Å². The molecule has 0 spiro atoms. The summed E-state index contributed by atoms with van der Waals surface area (Å²) in [6.45, 7) is 0. The Labute approximate surface area is 144 Å². The zero-order chi connectivity index (χ0) is 18.7. The number of carboxylic acid groups (broad SMARTS) is 2. The van der Waals surface area contributed by atoms with Gasteiger partial charge in [-0.2, -0.15) is 0 Å². The number of rotatable bonds is 5. The third-order valence-corrected chi connectivity index (χ3v) is 2.84. The Hall–Kier alpha value is -3.54. The highest BCUT2D eigenvalue weighted by Crippen LogP contribution is 2.26. The van der Waals surface area contributed by atoms with Crippen LogP contribution in [-0.2, 0) is 9.59 Å². The van der Waals surface area contributed by atoms with E-state index in [1.165, 1.54) is 19.3 Å². The highest BCUT2D eigenvalue weighted by atomic mass is 16.5. The van der Waals surface area contributed by atoms with Gasteiger partial charge in [-0.05, 0) is 35.4 Å². The number of aliphatic carboxylic acids is 2. The predicted molar refractivity (Wildman–Crippen MR) is 94.4 cm³/mol. The fraction of sp³-hybridized carbons (Fsp3) is 0.0526. The number of carbonyl (C=O) groups is 2. The van der Waals surface area contributed by atoms with E-state index in [1.54, 1.807) is 18.2 Å². The third kappa shape index (κ3) is 8.03. The van der Waals surface area contributed by atoms with Crippen LogP contribution in [0.1, 0.15) is 11.1 Å². The number of phenolic OH excluding ortho intramolecular Hbond substituents is 1. The smallest absolute Gasteiger partial charge is 0.328 e. The second kappa shape index (κ2) is 10.3. The highest BCUT2D eigenvalue weighted by molar-refractivity contribution is 5.85. The number of ether oxygens (including phenoxy) is 1. The Morgan fingerprint density at radius 2 is 1.44 bits per heavy atom. The summed E-state index contributed by atoms with van der Waals surface area (Å²) in [6, 6.07) is 13.9. The van der Waals surface area contributed by atoms with Crippen LogP contribution in [0.25, 0.3) is 12.2 Å². The number of aromatic hydroxyl groups is 1. The van der Waals surface area contributed by atoms with E-state index in [4.69, 9.17) is 14.9 Å². The summed E-state index contributed by atoms with van der Waals surface area (Å²) < 4.78 is 4.86. The molecule has 130 valence electrons. The molecule has 0 saturated carbocycles. The second-order valence-electron chi connectivity index (χ2n) is 4.69. The molecule has 0 aliphatic heterocycles. The number of phenols is 1. The van der Waals surface area contributed by atoms with Crippen molar-refractivity contribution in [3.05, 3.63) is 71.8 Å². The monoisotopic (exact) mass is 342 g/mol. The van der Waals surface area contributed by atoms with Gasteiger partial charge in [-0.15, -0.1) is 0 Å². The van der Waals surface area contributed by atoms with E-state index in [0.717, 1.165) is 17.7 Å². The summed E-state index contributed by atoms with van der Waals surface area (Å²) in [4.78, 5) is 20.3. The largest absolute Gasteiger partial charge is 0.504 e. The summed E-state index contributed by atoms with van der Waals surface area (Å²) in [5, 5.41) is 25.9. The highest BCUT2D eigenvalue weighted by Gasteiger charge is 2.00. The minimum Gasteiger partial charge on any atom is -0.504 e. The molecule has 0 bridgehead atoms. The number of hydrogen-bond acceptors (Lipinski definition) is 4. The van der Waals surface area contributed by atoms with Crippen LogP contribution in [0.4, 0.5) is 0 Å². The van der Waals surface area contributed by atoms with Crippen LogP contribution in [0.2, 0.25) is 0 Å². The van der Waals surface area contributed by atoms with Crippen molar-refractivity contribution in [3.8, 4) is 11.5 Å². The molecule has 6 nitrogen and oxygen atoms in total. The molecule has 0 heterocycles. The van der Waals surface area contributed by atoms with Crippen molar-refractivity contribution in [3.63, 3.8) is 0 Å². The van der Waals surface area contributed by atoms with Crippen molar-refractivity contribution in [2.75, 3.05) is 7.11 Å². The first-order valence-corrected chi connectivity index (χ1v) is 7.16. The lowest BCUT2D eigenvalue weighted by Gasteiger charge is -2.03. The van der Waals surface area contributed by atoms with E-state index in [1.807, 2.05) is 30.3 Å². The number of methoxy groups -OCH3 is 1. The van der Waals surface area contributed by atoms with Crippen LogP contribution < -0.4 is 4.74 Å². The number of hydrogen-bond donors (Lipinski definition) is 3. The Morgan fingerprint density at radius 1 is 0.880 bits per heavy atom. The molecule has 0 aliphatic rings. The lowest BCUT2D eigenvalue weighted by Crippen LogP contribution is -1.87. The lowest BCUT2D eigenvalue weighted by atomic mass is 10.2. The van der Waals surface area contributed by atoms with E-state index in [2.05, 4.69) is 0 Å². The Morgan fingerprint density at radius 3 is 1.96 bits per heavy atom. The Balaban J connectivity index is 0.000000257. The SMILES string of the molecule is COc1cc(C=CC(=O)O)ccc1O.O=C(O)C=Cc1ccccc1. The maximum atomic E-state index is 10.2. The van der Waals surface area contributed by atoms with Crippen molar-refractivity contribution in [1.29, 1.82) is 0 Å². The van der Waals surface area contributed by atoms with Gasteiger partial charge in [0.1, 0.15) is 0 Å². The van der Waals surface area contributed by atoms with E-state index in [0.29, 0.717) is 11.3 Å². The molecule has 0 atom stereocenters. The maximum absolute atomic E-state index is 10.2. The van der Waals surface area contributed by atoms with Crippen LogP contribution in [0, 0.1) is 0 Å². The van der Waals surface area contributed by atoms with Crippen LogP contribution >= 0.6 is 0 Å². The summed E-state index contributed by atoms with van der Waals surface area (Å²) in [5.41, 5.74) is 1.55. The quantitative estimate of drug-likeness (QED) is 0.720. The van der Waals surface area contributed by atoms with Crippen molar-refractivity contribution in [2.24, 2.45) is 0 Å². The second-order valence-corrected chi connectivity index (χ2v) is 4.69. The van der Waals surface area contributed by atoms with Gasteiger partial charge in [0.05, 0.1) is 7.11 Å². The normalized spacial score (nSPS) is 10.3. The standard InChI is InChI=1S/C10H10O4.C9H8O2/c1-14-9-6-7(2-4-8(9)11)3-5-10(12)13;10-9(11)7-6-8-4-2-1-3-5-8/h2-6,11H,1H3,(H,12,13);1-7H,(H,10,11). The first-order chi connectivity index (χ1) is 11.9. The van der Waals surface area contributed by atoms with E-state index < -0.39 is 11.9 Å². The topological polar surface area (TPSA) is 104 Å². The first kappa shape index (κ1) is 19.5. The molecule has 25 heavy (non-hydrogen) atoms. The van der Waals surface area contributed by atoms with Gasteiger partial charge in [0.25, 0.3) is 0 Å². The van der Waals surface area contributed by atoms with Crippen LogP contribution in [-0.4, -0.2) is 34.4 Å². The van der Waals surface area contributed by atoms with E-state index >= 15 is 0 Å². The molecule has 0 aliphatic carbocycles. The van der Waals surface area contributed by atoms with Gasteiger partial charge in [0, 0.05) is 12.2 Å².